The number of hydrogen-bond donors (Lipinski definition) is 0. The van der Waals surface area contributed by atoms with Gasteiger partial charge in [0.15, 0.2) is 0 Å². The molecule has 114 valence electrons. The summed E-state index contributed by atoms with van der Waals surface area (Å²) in [6.07, 6.45) is -9.69. The molecular formula is C12H5F6I2N. The fourth-order valence-corrected chi connectivity index (χ4v) is 3.60. The van der Waals surface area contributed by atoms with Crippen LogP contribution in [0.1, 0.15) is 11.1 Å². The Hall–Kier alpha value is -0.460. The Morgan fingerprint density at radius 3 is 1.43 bits per heavy atom. The van der Waals surface area contributed by atoms with Crippen LogP contribution >= 0.6 is 45.2 Å². The zero-order chi connectivity index (χ0) is 16.0. The van der Waals surface area contributed by atoms with Gasteiger partial charge in [0, 0.05) is 5.69 Å². The molecule has 0 aliphatic carbocycles. The van der Waals surface area contributed by atoms with Crippen molar-refractivity contribution < 1.29 is 26.3 Å². The summed E-state index contributed by atoms with van der Waals surface area (Å²) >= 11 is 3.69. The maximum atomic E-state index is 12.8. The molecule has 0 atom stereocenters. The summed E-state index contributed by atoms with van der Waals surface area (Å²) in [4.78, 5) is 0. The van der Waals surface area contributed by atoms with Crippen molar-refractivity contribution in [2.24, 2.45) is 0 Å². The van der Waals surface area contributed by atoms with E-state index in [-0.39, 0.29) is 11.8 Å². The van der Waals surface area contributed by atoms with E-state index in [1.165, 1.54) is 4.57 Å². The molecule has 0 fully saturated rings. The predicted molar refractivity (Wildman–Crippen MR) is 81.2 cm³/mol. The first-order valence-corrected chi connectivity index (χ1v) is 7.48. The summed E-state index contributed by atoms with van der Waals surface area (Å²) in [6, 6.07) is 4.75. The van der Waals surface area contributed by atoms with Crippen LogP contribution in [0.15, 0.2) is 30.3 Å². The largest absolute Gasteiger partial charge is 0.416 e. The molecule has 1 heterocycles. The van der Waals surface area contributed by atoms with Crippen LogP contribution in [0.2, 0.25) is 0 Å². The van der Waals surface area contributed by atoms with Crippen LogP contribution in [0, 0.1) is 7.40 Å². The maximum Gasteiger partial charge on any atom is 0.416 e. The molecule has 0 N–H and O–H groups in total. The number of alkyl halides is 6. The number of aromatic nitrogens is 1. The molecule has 0 radical (unpaired) electrons. The average molecular weight is 531 g/mol. The summed E-state index contributed by atoms with van der Waals surface area (Å²) in [5, 5.41) is 0. The van der Waals surface area contributed by atoms with Gasteiger partial charge >= 0.3 is 12.4 Å². The molecule has 2 aromatic rings. The van der Waals surface area contributed by atoms with Gasteiger partial charge in [-0.05, 0) is 75.5 Å². The van der Waals surface area contributed by atoms with E-state index >= 15 is 0 Å². The topological polar surface area (TPSA) is 4.93 Å². The number of rotatable bonds is 1. The van der Waals surface area contributed by atoms with Crippen LogP contribution < -0.4 is 0 Å². The van der Waals surface area contributed by atoms with Crippen molar-refractivity contribution >= 4 is 45.2 Å². The minimum atomic E-state index is -4.85. The highest BCUT2D eigenvalue weighted by molar-refractivity contribution is 14.1. The number of nitrogens with zero attached hydrogens (tertiary/aromatic N) is 1. The monoisotopic (exact) mass is 531 g/mol. The molecule has 9 heteroatoms. The fraction of sp³-hybridized carbons (Fsp3) is 0.167. The predicted octanol–water partition coefficient (Wildman–Crippen LogP) is 5.72. The van der Waals surface area contributed by atoms with Gasteiger partial charge < -0.3 is 0 Å². The van der Waals surface area contributed by atoms with Crippen molar-refractivity contribution in [3.8, 4) is 5.69 Å². The molecule has 0 unspecified atom stereocenters. The smallest absolute Gasteiger partial charge is 0.300 e. The van der Waals surface area contributed by atoms with Gasteiger partial charge in [0.1, 0.15) is 0 Å². The quantitative estimate of drug-likeness (QED) is 0.328. The fourth-order valence-electron chi connectivity index (χ4n) is 1.70. The molecule has 0 amide bonds. The third-order valence-electron chi connectivity index (χ3n) is 2.62. The Morgan fingerprint density at radius 2 is 1.10 bits per heavy atom. The third-order valence-corrected chi connectivity index (χ3v) is 4.30. The van der Waals surface area contributed by atoms with Gasteiger partial charge in [0.25, 0.3) is 0 Å². The van der Waals surface area contributed by atoms with E-state index in [0.29, 0.717) is 19.5 Å². The van der Waals surface area contributed by atoms with Crippen LogP contribution in [0.3, 0.4) is 0 Å². The second-order valence-electron chi connectivity index (χ2n) is 4.08. The molecule has 1 aromatic heterocycles. The van der Waals surface area contributed by atoms with E-state index < -0.39 is 23.5 Å². The van der Waals surface area contributed by atoms with Gasteiger partial charge in [0.05, 0.1) is 18.5 Å². The minimum absolute atomic E-state index is 0.118. The van der Waals surface area contributed by atoms with E-state index in [9.17, 15) is 26.3 Å². The molecule has 2 rings (SSSR count). The van der Waals surface area contributed by atoms with Crippen LogP contribution in [0.5, 0.6) is 0 Å². The minimum Gasteiger partial charge on any atom is -0.300 e. The summed E-state index contributed by atoms with van der Waals surface area (Å²) in [5.41, 5.74) is -2.82. The van der Waals surface area contributed by atoms with Crippen molar-refractivity contribution in [3.63, 3.8) is 0 Å². The molecule has 0 aliphatic rings. The molecule has 0 aliphatic heterocycles. The van der Waals surface area contributed by atoms with Crippen LogP contribution in [0.25, 0.3) is 5.69 Å². The van der Waals surface area contributed by atoms with Gasteiger partial charge in [0.2, 0.25) is 0 Å². The lowest BCUT2D eigenvalue weighted by Gasteiger charge is -2.16. The lowest BCUT2D eigenvalue weighted by Crippen LogP contribution is -2.13. The van der Waals surface area contributed by atoms with Gasteiger partial charge in [-0.15, -0.1) is 0 Å². The number of hydrogen-bond acceptors (Lipinski definition) is 0. The highest BCUT2D eigenvalue weighted by atomic mass is 127. The molecule has 1 nitrogen and oxygen atoms in total. The molecule has 0 saturated heterocycles. The number of benzene rings is 1. The first kappa shape index (κ1) is 16.9. The van der Waals surface area contributed by atoms with Crippen molar-refractivity contribution in [3.05, 3.63) is 48.9 Å². The van der Waals surface area contributed by atoms with Gasteiger partial charge in [-0.1, -0.05) is 0 Å². The zero-order valence-corrected chi connectivity index (χ0v) is 14.2. The zero-order valence-electron chi connectivity index (χ0n) is 9.86. The first-order chi connectivity index (χ1) is 9.50. The second kappa shape index (κ2) is 5.63. The van der Waals surface area contributed by atoms with Crippen molar-refractivity contribution in [2.45, 2.75) is 12.4 Å². The van der Waals surface area contributed by atoms with Crippen molar-refractivity contribution in [2.75, 3.05) is 0 Å². The average Bonchev–Trinajstić information content (AvgIpc) is 2.66. The lowest BCUT2D eigenvalue weighted by molar-refractivity contribution is -0.143. The van der Waals surface area contributed by atoms with Gasteiger partial charge in [-0.25, -0.2) is 0 Å². The summed E-state index contributed by atoms with van der Waals surface area (Å²) in [7, 11) is 0. The molecular weight excluding hydrogens is 526 g/mol. The van der Waals surface area contributed by atoms with Crippen molar-refractivity contribution in [1.82, 2.24) is 4.57 Å². The molecule has 21 heavy (non-hydrogen) atoms. The Labute approximate surface area is 142 Å². The van der Waals surface area contributed by atoms with Crippen molar-refractivity contribution in [1.29, 1.82) is 0 Å². The summed E-state index contributed by atoms with van der Waals surface area (Å²) in [5.74, 6) is 0. The van der Waals surface area contributed by atoms with Gasteiger partial charge in [-0.2, -0.15) is 26.3 Å². The Bertz CT molecular complexity index is 620. The lowest BCUT2D eigenvalue weighted by atomic mass is 10.1. The Balaban J connectivity index is 2.73. The van der Waals surface area contributed by atoms with E-state index in [0.717, 1.165) is 0 Å². The second-order valence-corrected chi connectivity index (χ2v) is 6.29. The Morgan fingerprint density at radius 1 is 0.714 bits per heavy atom. The van der Waals surface area contributed by atoms with E-state index in [4.69, 9.17) is 0 Å². The highest BCUT2D eigenvalue weighted by Crippen LogP contribution is 2.37. The summed E-state index contributed by atoms with van der Waals surface area (Å²) < 4.78 is 79.2. The van der Waals surface area contributed by atoms with E-state index in [2.05, 4.69) is 0 Å². The SMILES string of the molecule is FC(F)(F)c1cc(-n2c(I)ccc2I)cc(C(F)(F)F)c1. The van der Waals surface area contributed by atoms with Crippen LogP contribution in [-0.2, 0) is 12.4 Å². The molecule has 0 spiro atoms. The van der Waals surface area contributed by atoms with Gasteiger partial charge in [-0.3, -0.25) is 4.57 Å². The third kappa shape index (κ3) is 3.66. The normalized spacial score (nSPS) is 12.8. The maximum absolute atomic E-state index is 12.8. The first-order valence-electron chi connectivity index (χ1n) is 5.33. The summed E-state index contributed by atoms with van der Waals surface area (Å²) in [6.45, 7) is 0. The molecule has 0 saturated carbocycles. The number of halogens is 8. The van der Waals surface area contributed by atoms with Crippen LogP contribution in [0.4, 0.5) is 26.3 Å². The molecule has 1 aromatic carbocycles. The molecule has 0 bridgehead atoms. The highest BCUT2D eigenvalue weighted by Gasteiger charge is 2.37. The van der Waals surface area contributed by atoms with E-state index in [1.807, 2.05) is 45.2 Å². The Kier molecular flexibility index (Phi) is 4.53. The standard InChI is InChI=1S/C12H5F6I2N/c13-11(14,15)6-3-7(12(16,17)18)5-8(4-6)21-9(19)1-2-10(21)20/h1-5H. The van der Waals surface area contributed by atoms with E-state index in [1.54, 1.807) is 12.1 Å². The van der Waals surface area contributed by atoms with Crippen LogP contribution in [-0.4, -0.2) is 4.57 Å².